The van der Waals surface area contributed by atoms with Crippen LogP contribution in [0.15, 0.2) is 91.4 Å². The molecule has 0 spiro atoms. The zero-order valence-corrected chi connectivity index (χ0v) is 22.4. The van der Waals surface area contributed by atoms with Crippen molar-refractivity contribution in [2.24, 2.45) is 0 Å². The fourth-order valence-corrected chi connectivity index (χ4v) is 7.14. The number of anilines is 2. The molecule has 6 rings (SSSR count). The van der Waals surface area contributed by atoms with Crippen LogP contribution in [0.5, 0.6) is 0 Å². The van der Waals surface area contributed by atoms with Gasteiger partial charge in [0, 0.05) is 62.5 Å². The number of pyridine rings is 1. The van der Waals surface area contributed by atoms with Crippen molar-refractivity contribution in [3.8, 4) is 0 Å². The van der Waals surface area contributed by atoms with Crippen molar-refractivity contribution >= 4 is 34.9 Å². The fourth-order valence-electron chi connectivity index (χ4n) is 4.69. The van der Waals surface area contributed by atoms with Gasteiger partial charge in [-0.1, -0.05) is 35.7 Å². The first-order chi connectivity index (χ1) is 18.6. The number of nitrogens with one attached hydrogen (secondary N) is 2. The fraction of sp³-hybridized carbons (Fsp3) is 0.250. The van der Waals surface area contributed by atoms with Gasteiger partial charge >= 0.3 is 0 Å². The van der Waals surface area contributed by atoms with Gasteiger partial charge in [-0.05, 0) is 48.9 Å². The molecule has 4 heterocycles. The normalized spacial score (nSPS) is 17.4. The number of aliphatic hydroxyl groups excluding tert-OH is 1. The molecule has 194 valence electrons. The third-order valence-electron chi connectivity index (χ3n) is 6.59. The summed E-state index contributed by atoms with van der Waals surface area (Å²) in [5.74, 6) is 0.646. The summed E-state index contributed by atoms with van der Waals surface area (Å²) in [6.07, 6.45) is 3.29. The minimum absolute atomic E-state index is 0.0795. The number of morpholine rings is 1. The van der Waals surface area contributed by atoms with Crippen molar-refractivity contribution in [3.05, 3.63) is 94.4 Å². The number of aromatic amines is 1. The lowest BCUT2D eigenvalue weighted by atomic mass is 10.1. The molecule has 0 bridgehead atoms. The van der Waals surface area contributed by atoms with E-state index in [1.165, 1.54) is 25.1 Å². The number of aromatic nitrogens is 3. The lowest BCUT2D eigenvalue weighted by molar-refractivity contribution is 0.0379. The number of benzene rings is 2. The average molecular weight is 546 g/mol. The number of nitrogens with zero attached hydrogens (tertiary/aromatic N) is 3. The van der Waals surface area contributed by atoms with E-state index in [1.54, 1.807) is 48.1 Å². The van der Waals surface area contributed by atoms with Gasteiger partial charge in [0.05, 0.1) is 24.9 Å². The van der Waals surface area contributed by atoms with E-state index in [9.17, 15) is 9.90 Å². The number of aliphatic hydroxyl groups is 1. The Balaban J connectivity index is 1.21. The highest BCUT2D eigenvalue weighted by molar-refractivity contribution is 8.05. The second kappa shape index (κ2) is 10.8. The predicted octanol–water partition coefficient (Wildman–Crippen LogP) is 5.02. The highest BCUT2D eigenvalue weighted by Crippen LogP contribution is 2.52. The molecule has 10 heteroatoms. The summed E-state index contributed by atoms with van der Waals surface area (Å²) in [6, 6.07) is 18.0. The van der Waals surface area contributed by atoms with Gasteiger partial charge in [-0.3, -0.25) is 4.79 Å². The van der Waals surface area contributed by atoms with E-state index in [-0.39, 0.29) is 24.3 Å². The number of hydrogen-bond donors (Lipinski definition) is 3. The van der Waals surface area contributed by atoms with E-state index in [4.69, 9.17) is 4.74 Å². The van der Waals surface area contributed by atoms with Crippen molar-refractivity contribution in [2.75, 3.05) is 29.9 Å². The maximum atomic E-state index is 11.8. The van der Waals surface area contributed by atoms with Crippen LogP contribution in [0.3, 0.4) is 0 Å². The van der Waals surface area contributed by atoms with E-state index in [2.05, 4.69) is 61.6 Å². The van der Waals surface area contributed by atoms with E-state index in [0.29, 0.717) is 24.7 Å². The van der Waals surface area contributed by atoms with Gasteiger partial charge in [0.2, 0.25) is 5.56 Å². The molecule has 4 aromatic rings. The molecule has 0 aliphatic carbocycles. The lowest BCUT2D eigenvalue weighted by Crippen LogP contribution is -2.39. The van der Waals surface area contributed by atoms with E-state index in [0.717, 1.165) is 17.9 Å². The van der Waals surface area contributed by atoms with E-state index >= 15 is 0 Å². The number of rotatable bonds is 6. The first-order valence-electron chi connectivity index (χ1n) is 12.4. The molecule has 2 atom stereocenters. The second-order valence-corrected chi connectivity index (χ2v) is 11.3. The summed E-state index contributed by atoms with van der Waals surface area (Å²) in [5.41, 5.74) is 3.60. The van der Waals surface area contributed by atoms with Crippen molar-refractivity contribution in [1.29, 1.82) is 0 Å². The number of ether oxygens (including phenoxy) is 1. The molecule has 3 N–H and O–H groups in total. The highest BCUT2D eigenvalue weighted by Gasteiger charge is 2.28. The third kappa shape index (κ3) is 5.17. The SMILES string of the molecule is CC(Nc1ccc2c(c1)Sc1cccc(C3CN(c4cc[nH]c(=O)c4)CCO3)c1S2)c1nccc(CO)n1. The maximum Gasteiger partial charge on any atom is 0.249 e. The largest absolute Gasteiger partial charge is 0.390 e. The first kappa shape index (κ1) is 25.0. The Hall–Kier alpha value is -3.31. The second-order valence-electron chi connectivity index (χ2n) is 9.19. The topological polar surface area (TPSA) is 103 Å². The van der Waals surface area contributed by atoms with Crippen LogP contribution in [-0.2, 0) is 11.3 Å². The molecule has 2 unspecified atom stereocenters. The molecule has 38 heavy (non-hydrogen) atoms. The van der Waals surface area contributed by atoms with Crippen LogP contribution in [0.1, 0.15) is 36.2 Å². The van der Waals surface area contributed by atoms with Gasteiger partial charge in [-0.25, -0.2) is 9.97 Å². The molecular formula is C28H27N5O3S2. The van der Waals surface area contributed by atoms with Gasteiger partial charge in [0.15, 0.2) is 5.82 Å². The minimum Gasteiger partial charge on any atom is -0.390 e. The Morgan fingerprint density at radius 1 is 1.16 bits per heavy atom. The molecule has 8 nitrogen and oxygen atoms in total. The third-order valence-corrected chi connectivity index (χ3v) is 9.20. The first-order valence-corrected chi connectivity index (χ1v) is 14.1. The smallest absolute Gasteiger partial charge is 0.249 e. The van der Waals surface area contributed by atoms with Crippen molar-refractivity contribution in [2.45, 2.75) is 45.3 Å². The molecule has 2 aliphatic rings. The van der Waals surface area contributed by atoms with Crippen LogP contribution in [0.4, 0.5) is 11.4 Å². The van der Waals surface area contributed by atoms with Crippen LogP contribution >= 0.6 is 23.5 Å². The van der Waals surface area contributed by atoms with Crippen LogP contribution in [0.2, 0.25) is 0 Å². The Morgan fingerprint density at radius 2 is 2.08 bits per heavy atom. The summed E-state index contributed by atoms with van der Waals surface area (Å²) < 4.78 is 6.23. The minimum atomic E-state index is -0.105. The van der Waals surface area contributed by atoms with Crippen LogP contribution in [0, 0.1) is 0 Å². The molecule has 2 aliphatic heterocycles. The zero-order valence-electron chi connectivity index (χ0n) is 20.8. The Labute approximate surface area is 228 Å². The summed E-state index contributed by atoms with van der Waals surface area (Å²) in [4.78, 5) is 30.4. The summed E-state index contributed by atoms with van der Waals surface area (Å²) in [6.45, 7) is 3.96. The molecule has 2 aromatic heterocycles. The summed E-state index contributed by atoms with van der Waals surface area (Å²) in [5, 5.41) is 12.9. The lowest BCUT2D eigenvalue weighted by Gasteiger charge is -2.36. The van der Waals surface area contributed by atoms with Crippen LogP contribution in [0.25, 0.3) is 0 Å². The van der Waals surface area contributed by atoms with Crippen molar-refractivity contribution in [1.82, 2.24) is 15.0 Å². The average Bonchev–Trinajstić information content (AvgIpc) is 2.96. The monoisotopic (exact) mass is 545 g/mol. The Bertz CT molecular complexity index is 1530. The Kier molecular flexibility index (Phi) is 7.12. The molecule has 1 fully saturated rings. The van der Waals surface area contributed by atoms with Gasteiger partial charge in [-0.2, -0.15) is 0 Å². The van der Waals surface area contributed by atoms with Crippen LogP contribution < -0.4 is 15.8 Å². The number of fused-ring (bicyclic) bond motifs is 2. The van der Waals surface area contributed by atoms with Gasteiger partial charge in [0.25, 0.3) is 0 Å². The summed E-state index contributed by atoms with van der Waals surface area (Å²) in [7, 11) is 0. The van der Waals surface area contributed by atoms with Gasteiger partial charge < -0.3 is 25.0 Å². The zero-order chi connectivity index (χ0) is 26.1. The number of H-pyrrole nitrogens is 1. The standard InChI is InChI=1S/C28H27N5O3S2/c1-17(28-30-9-7-19(16-34)32-28)31-18-5-6-23-25(13-18)37-24-4-2-3-21(27(24)38-23)22-15-33(11-12-36-22)20-8-10-29-26(35)14-20/h2-10,13-14,17,22,31,34H,11-12,15-16H2,1H3,(H,29,35). The van der Waals surface area contributed by atoms with Gasteiger partial charge in [0.1, 0.15) is 6.10 Å². The van der Waals surface area contributed by atoms with Crippen LogP contribution in [-0.4, -0.2) is 39.8 Å². The molecule has 0 saturated carbocycles. The van der Waals surface area contributed by atoms with E-state index in [1.807, 2.05) is 13.0 Å². The van der Waals surface area contributed by atoms with E-state index < -0.39 is 0 Å². The Morgan fingerprint density at radius 3 is 2.95 bits per heavy atom. The molecule has 1 saturated heterocycles. The quantitative estimate of drug-likeness (QED) is 0.271. The molecule has 0 amide bonds. The molecular weight excluding hydrogens is 518 g/mol. The molecule has 0 radical (unpaired) electrons. The summed E-state index contributed by atoms with van der Waals surface area (Å²) >= 11 is 3.54. The predicted molar refractivity (Wildman–Crippen MR) is 149 cm³/mol. The maximum absolute atomic E-state index is 11.8. The number of hydrogen-bond acceptors (Lipinski definition) is 9. The highest BCUT2D eigenvalue weighted by atomic mass is 32.2. The van der Waals surface area contributed by atoms with Crippen molar-refractivity contribution in [3.63, 3.8) is 0 Å². The van der Waals surface area contributed by atoms with Crippen molar-refractivity contribution < 1.29 is 9.84 Å². The molecule has 2 aromatic carbocycles. The van der Waals surface area contributed by atoms with Gasteiger partial charge in [-0.15, -0.1) is 0 Å².